The van der Waals surface area contributed by atoms with Crippen molar-refractivity contribution in [2.45, 2.75) is 59.6 Å². The average molecular weight is 260 g/mol. The molecule has 0 radical (unpaired) electrons. The first-order valence-electron chi connectivity index (χ1n) is 6.76. The minimum Gasteiger partial charge on any atom is -0.374 e. The van der Waals surface area contributed by atoms with Crippen LogP contribution in [0.25, 0.3) is 0 Å². The minimum absolute atomic E-state index is 0.0614. The molecule has 0 rings (SSSR count). The maximum Gasteiger partial charge on any atom is 0.501 e. The first-order chi connectivity index (χ1) is 8.14. The van der Waals surface area contributed by atoms with Crippen molar-refractivity contribution in [2.24, 2.45) is 0 Å². The molecule has 0 N–H and O–H groups in total. The molecule has 102 valence electrons. The monoisotopic (exact) mass is 260 g/mol. The predicted molar refractivity (Wildman–Crippen MR) is 74.1 cm³/mol. The Morgan fingerprint density at radius 1 is 1.06 bits per heavy atom. The molecule has 0 aliphatic carbocycles. The highest BCUT2D eigenvalue weighted by atomic mass is 28.4. The molecule has 0 saturated heterocycles. The van der Waals surface area contributed by atoms with Gasteiger partial charge in [0.15, 0.2) is 0 Å². The summed E-state index contributed by atoms with van der Waals surface area (Å²) in [6, 6.07) is 0.888. The van der Waals surface area contributed by atoms with Gasteiger partial charge in [0.05, 0.1) is 6.10 Å². The van der Waals surface area contributed by atoms with Crippen LogP contribution >= 0.6 is 0 Å². The van der Waals surface area contributed by atoms with Crippen molar-refractivity contribution >= 4 is 8.80 Å². The zero-order valence-corrected chi connectivity index (χ0v) is 13.0. The standard InChI is InChI=1S/C13H28O3Si/c1-6-10-11-13(5)16-17(12-7-2,14-8-3)15-9-4/h10-11,13H,6-9,12H2,1-5H3. The quantitative estimate of drug-likeness (QED) is 0.442. The molecule has 0 aliphatic heterocycles. The summed E-state index contributed by atoms with van der Waals surface area (Å²) in [7, 11) is -2.46. The fraction of sp³-hybridized carbons (Fsp3) is 0.846. The van der Waals surface area contributed by atoms with Crippen LogP contribution in [0.4, 0.5) is 0 Å². The van der Waals surface area contributed by atoms with Gasteiger partial charge in [-0.2, -0.15) is 0 Å². The van der Waals surface area contributed by atoms with Gasteiger partial charge in [0.25, 0.3) is 0 Å². The van der Waals surface area contributed by atoms with Gasteiger partial charge in [0.2, 0.25) is 0 Å². The summed E-state index contributed by atoms with van der Waals surface area (Å²) >= 11 is 0. The van der Waals surface area contributed by atoms with Crippen LogP contribution < -0.4 is 0 Å². The Morgan fingerprint density at radius 3 is 2.06 bits per heavy atom. The molecule has 3 nitrogen and oxygen atoms in total. The van der Waals surface area contributed by atoms with Crippen molar-refractivity contribution < 1.29 is 13.3 Å². The van der Waals surface area contributed by atoms with E-state index in [2.05, 4.69) is 26.0 Å². The lowest BCUT2D eigenvalue weighted by molar-refractivity contribution is 0.0521. The number of allylic oxidation sites excluding steroid dienone is 1. The SMILES string of the molecule is CCC=CC(C)O[Si](CCC)(OCC)OCC. The van der Waals surface area contributed by atoms with E-state index in [-0.39, 0.29) is 6.10 Å². The van der Waals surface area contributed by atoms with Crippen LogP contribution in [0.2, 0.25) is 6.04 Å². The van der Waals surface area contributed by atoms with Gasteiger partial charge in [0, 0.05) is 19.3 Å². The van der Waals surface area contributed by atoms with Gasteiger partial charge in [-0.3, -0.25) is 0 Å². The number of hydrogen-bond donors (Lipinski definition) is 0. The zero-order valence-electron chi connectivity index (χ0n) is 12.0. The normalized spacial score (nSPS) is 14.4. The summed E-state index contributed by atoms with van der Waals surface area (Å²) in [5.41, 5.74) is 0. The van der Waals surface area contributed by atoms with Gasteiger partial charge in [-0.05, 0) is 27.2 Å². The smallest absolute Gasteiger partial charge is 0.374 e. The van der Waals surface area contributed by atoms with Gasteiger partial charge >= 0.3 is 8.80 Å². The Morgan fingerprint density at radius 2 is 1.65 bits per heavy atom. The second kappa shape index (κ2) is 9.83. The Balaban J connectivity index is 4.56. The summed E-state index contributed by atoms with van der Waals surface area (Å²) in [6.45, 7) is 11.6. The number of rotatable bonds is 10. The van der Waals surface area contributed by atoms with Crippen LogP contribution in [-0.4, -0.2) is 28.1 Å². The van der Waals surface area contributed by atoms with E-state index in [1.807, 2.05) is 20.8 Å². The van der Waals surface area contributed by atoms with Crippen molar-refractivity contribution in [3.8, 4) is 0 Å². The molecule has 0 aromatic rings. The lowest BCUT2D eigenvalue weighted by atomic mass is 10.3. The molecule has 0 saturated carbocycles. The maximum atomic E-state index is 6.07. The highest BCUT2D eigenvalue weighted by molar-refractivity contribution is 6.60. The first-order valence-corrected chi connectivity index (χ1v) is 8.69. The summed E-state index contributed by atoms with van der Waals surface area (Å²) < 4.78 is 17.7. The van der Waals surface area contributed by atoms with E-state index in [0.717, 1.165) is 18.9 Å². The molecule has 1 unspecified atom stereocenters. The molecule has 0 heterocycles. The first kappa shape index (κ1) is 16.8. The molecule has 0 aromatic carbocycles. The fourth-order valence-corrected chi connectivity index (χ4v) is 4.47. The Hall–Kier alpha value is -0.163. The molecule has 0 bridgehead atoms. The summed E-state index contributed by atoms with van der Waals surface area (Å²) in [6.07, 6.45) is 6.31. The van der Waals surface area contributed by atoms with Gasteiger partial charge < -0.3 is 13.3 Å². The fourth-order valence-electron chi connectivity index (χ4n) is 1.71. The summed E-state index contributed by atoms with van der Waals surface area (Å²) in [4.78, 5) is 0. The summed E-state index contributed by atoms with van der Waals surface area (Å²) in [5, 5.41) is 0. The molecular formula is C13H28O3Si. The van der Waals surface area contributed by atoms with Gasteiger partial charge in [-0.15, -0.1) is 0 Å². The van der Waals surface area contributed by atoms with Crippen LogP contribution in [0, 0.1) is 0 Å². The molecule has 0 aromatic heterocycles. The van der Waals surface area contributed by atoms with Crippen LogP contribution in [0.3, 0.4) is 0 Å². The Bertz CT molecular complexity index is 190. The van der Waals surface area contributed by atoms with E-state index < -0.39 is 8.80 Å². The molecule has 4 heteroatoms. The van der Waals surface area contributed by atoms with Crippen molar-refractivity contribution in [2.75, 3.05) is 13.2 Å². The molecule has 0 amide bonds. The van der Waals surface area contributed by atoms with Gasteiger partial charge in [0.1, 0.15) is 0 Å². The molecule has 0 fully saturated rings. The molecule has 0 spiro atoms. The van der Waals surface area contributed by atoms with Crippen molar-refractivity contribution in [1.82, 2.24) is 0 Å². The van der Waals surface area contributed by atoms with Crippen molar-refractivity contribution in [3.63, 3.8) is 0 Å². The highest BCUT2D eigenvalue weighted by Crippen LogP contribution is 2.20. The van der Waals surface area contributed by atoms with E-state index in [1.165, 1.54) is 0 Å². The highest BCUT2D eigenvalue weighted by Gasteiger charge is 2.40. The molecule has 0 aliphatic rings. The Labute approximate surface area is 108 Å². The molecule has 1 atom stereocenters. The average Bonchev–Trinajstić information content (AvgIpc) is 2.27. The topological polar surface area (TPSA) is 27.7 Å². The zero-order chi connectivity index (χ0) is 13.1. The lowest BCUT2D eigenvalue weighted by Gasteiger charge is -2.30. The van der Waals surface area contributed by atoms with Gasteiger partial charge in [-0.1, -0.05) is 32.4 Å². The van der Waals surface area contributed by atoms with Crippen LogP contribution in [0.5, 0.6) is 0 Å². The second-order valence-corrected chi connectivity index (χ2v) is 6.64. The maximum absolute atomic E-state index is 6.07. The van der Waals surface area contributed by atoms with Crippen LogP contribution in [-0.2, 0) is 13.3 Å². The number of hydrogen-bond acceptors (Lipinski definition) is 3. The largest absolute Gasteiger partial charge is 0.501 e. The third-order valence-corrected chi connectivity index (χ3v) is 5.59. The third-order valence-electron chi connectivity index (χ3n) is 2.29. The third kappa shape index (κ3) is 6.98. The van der Waals surface area contributed by atoms with E-state index in [4.69, 9.17) is 13.3 Å². The van der Waals surface area contributed by atoms with E-state index in [1.54, 1.807) is 0 Å². The predicted octanol–water partition coefficient (Wildman–Crippen LogP) is 3.78. The van der Waals surface area contributed by atoms with E-state index in [9.17, 15) is 0 Å². The van der Waals surface area contributed by atoms with Gasteiger partial charge in [-0.25, -0.2) is 0 Å². The van der Waals surface area contributed by atoms with Crippen LogP contribution in [0.15, 0.2) is 12.2 Å². The molecule has 17 heavy (non-hydrogen) atoms. The van der Waals surface area contributed by atoms with E-state index in [0.29, 0.717) is 13.2 Å². The Kier molecular flexibility index (Phi) is 9.73. The lowest BCUT2D eigenvalue weighted by Crippen LogP contribution is -2.47. The van der Waals surface area contributed by atoms with E-state index >= 15 is 0 Å². The summed E-state index contributed by atoms with van der Waals surface area (Å²) in [5.74, 6) is 0. The van der Waals surface area contributed by atoms with Crippen molar-refractivity contribution in [1.29, 1.82) is 0 Å². The minimum atomic E-state index is -2.46. The second-order valence-electron chi connectivity index (χ2n) is 3.96. The van der Waals surface area contributed by atoms with Crippen LogP contribution in [0.1, 0.15) is 47.5 Å². The van der Waals surface area contributed by atoms with Crippen molar-refractivity contribution in [3.05, 3.63) is 12.2 Å². The molecular weight excluding hydrogens is 232 g/mol.